The minimum atomic E-state index is -0.595. The number of H-pyrrole nitrogens is 1. The molecule has 1 fully saturated rings. The second-order valence-corrected chi connectivity index (χ2v) is 5.96. The number of aromatic amines is 1. The molecule has 5 nitrogen and oxygen atoms in total. The van der Waals surface area contributed by atoms with E-state index in [1.807, 2.05) is 19.2 Å². The number of carbonyl (C=O) groups excluding carboxylic acids is 1. The van der Waals surface area contributed by atoms with Crippen LogP contribution in [0.3, 0.4) is 0 Å². The molecule has 2 heterocycles. The molecule has 2 atom stereocenters. The molecule has 5 heteroatoms. The number of aromatic nitrogens is 1. The van der Waals surface area contributed by atoms with Crippen LogP contribution in [0.4, 0.5) is 0 Å². The summed E-state index contributed by atoms with van der Waals surface area (Å²) < 4.78 is 0. The van der Waals surface area contributed by atoms with E-state index >= 15 is 0 Å². The lowest BCUT2D eigenvalue weighted by Gasteiger charge is -2.20. The van der Waals surface area contributed by atoms with Gasteiger partial charge in [-0.15, -0.1) is 0 Å². The maximum Gasteiger partial charge on any atom is 0.300 e. The Morgan fingerprint density at radius 2 is 2.41 bits per heavy atom. The lowest BCUT2D eigenvalue weighted by molar-refractivity contribution is -0.132. The van der Waals surface area contributed by atoms with Crippen LogP contribution in [0.2, 0.25) is 0 Å². The van der Waals surface area contributed by atoms with E-state index in [1.54, 1.807) is 4.90 Å². The molecule has 22 heavy (non-hydrogen) atoms. The van der Waals surface area contributed by atoms with Gasteiger partial charge in [-0.3, -0.25) is 14.5 Å². The van der Waals surface area contributed by atoms with E-state index in [2.05, 4.69) is 22.0 Å². The van der Waals surface area contributed by atoms with Gasteiger partial charge in [-0.25, -0.2) is 6.57 Å². The lowest BCUT2D eigenvalue weighted by atomic mass is 10.0. The first-order valence-electron chi connectivity index (χ1n) is 7.59. The van der Waals surface area contributed by atoms with Gasteiger partial charge in [-0.05, 0) is 37.5 Å². The number of rotatable bonds is 3. The zero-order valence-corrected chi connectivity index (χ0v) is 12.7. The number of aryl methyl sites for hydroxylation is 1. The molecule has 0 bridgehead atoms. The Labute approximate surface area is 129 Å². The molecule has 1 aromatic carbocycles. The van der Waals surface area contributed by atoms with E-state index in [0.29, 0.717) is 13.0 Å². The van der Waals surface area contributed by atoms with Gasteiger partial charge in [0.25, 0.3) is 0 Å². The molecule has 2 aromatic rings. The van der Waals surface area contributed by atoms with Crippen molar-refractivity contribution in [1.82, 2.24) is 9.88 Å². The van der Waals surface area contributed by atoms with Gasteiger partial charge in [-0.2, -0.15) is 0 Å². The highest BCUT2D eigenvalue weighted by Crippen LogP contribution is 2.23. The number of hydrogen-bond donors (Lipinski definition) is 2. The fraction of sp³-hybridized carbons (Fsp3) is 0.412. The van der Waals surface area contributed by atoms with Crippen LogP contribution in [0.1, 0.15) is 24.0 Å². The number of hydrogen-bond acceptors (Lipinski definition) is 2. The molecule has 1 unspecified atom stereocenters. The second kappa shape index (κ2) is 5.82. The van der Waals surface area contributed by atoms with Gasteiger partial charge in [-0.1, -0.05) is 11.6 Å². The maximum atomic E-state index is 12.5. The number of benzene rings is 1. The van der Waals surface area contributed by atoms with Gasteiger partial charge in [0.2, 0.25) is 5.91 Å². The monoisotopic (exact) mass is 296 g/mol. The third-order valence-corrected chi connectivity index (χ3v) is 4.33. The third kappa shape index (κ3) is 2.58. The molecule has 1 amide bonds. The maximum absolute atomic E-state index is 12.5. The summed E-state index contributed by atoms with van der Waals surface area (Å²) in [4.78, 5) is 20.9. The van der Waals surface area contributed by atoms with Crippen molar-refractivity contribution in [2.24, 2.45) is 5.73 Å². The summed E-state index contributed by atoms with van der Waals surface area (Å²) in [5, 5.41) is 1.12. The van der Waals surface area contributed by atoms with Gasteiger partial charge in [0, 0.05) is 30.1 Å². The van der Waals surface area contributed by atoms with Crippen molar-refractivity contribution in [3.8, 4) is 0 Å². The zero-order chi connectivity index (χ0) is 15.7. The highest BCUT2D eigenvalue weighted by molar-refractivity contribution is 5.86. The average Bonchev–Trinajstić information content (AvgIpc) is 3.13. The van der Waals surface area contributed by atoms with Gasteiger partial charge in [0.15, 0.2) is 0 Å². The number of nitrogens with two attached hydrogens (primary N) is 1. The predicted molar refractivity (Wildman–Crippen MR) is 86.1 cm³/mol. The Morgan fingerprint density at radius 1 is 1.59 bits per heavy atom. The largest absolute Gasteiger partial charge is 0.361 e. The zero-order valence-electron chi connectivity index (χ0n) is 12.7. The first kappa shape index (κ1) is 14.6. The Balaban J connectivity index is 1.78. The Hall–Kier alpha value is -2.32. The average molecular weight is 296 g/mol. The second-order valence-electron chi connectivity index (χ2n) is 5.96. The summed E-state index contributed by atoms with van der Waals surface area (Å²) in [6, 6.07) is 5.60. The van der Waals surface area contributed by atoms with Crippen molar-refractivity contribution in [3.63, 3.8) is 0 Å². The first-order chi connectivity index (χ1) is 10.6. The molecule has 1 aliphatic rings. The van der Waals surface area contributed by atoms with Crippen LogP contribution in [-0.4, -0.2) is 34.5 Å². The van der Waals surface area contributed by atoms with Crippen molar-refractivity contribution in [3.05, 3.63) is 46.9 Å². The highest BCUT2D eigenvalue weighted by atomic mass is 16.2. The van der Waals surface area contributed by atoms with Crippen molar-refractivity contribution in [2.45, 2.75) is 38.4 Å². The number of nitrogens with one attached hydrogen (secondary N) is 1. The van der Waals surface area contributed by atoms with Crippen molar-refractivity contribution >= 4 is 16.8 Å². The van der Waals surface area contributed by atoms with Gasteiger partial charge < -0.3 is 10.7 Å². The van der Waals surface area contributed by atoms with E-state index in [-0.39, 0.29) is 12.1 Å². The van der Waals surface area contributed by atoms with Crippen LogP contribution < -0.4 is 5.73 Å². The number of amides is 1. The fourth-order valence-electron chi connectivity index (χ4n) is 3.14. The molecule has 0 radical (unpaired) electrons. The predicted octanol–water partition coefficient (Wildman–Crippen LogP) is 2.21. The van der Waals surface area contributed by atoms with Gasteiger partial charge in [0.05, 0.1) is 6.04 Å². The van der Waals surface area contributed by atoms with Crippen LogP contribution in [0, 0.1) is 13.5 Å². The van der Waals surface area contributed by atoms with E-state index in [1.165, 1.54) is 5.56 Å². The SMILES string of the molecule is [C-]#[N+][C@@H]1CCCN1C(=O)C(N)Cc1c[nH]c2ccc(C)cc12. The minimum Gasteiger partial charge on any atom is -0.361 e. The molecule has 0 spiro atoms. The minimum absolute atomic E-state index is 0.111. The molecular formula is C17H20N4O. The Kier molecular flexibility index (Phi) is 3.86. The molecule has 1 aromatic heterocycles. The molecule has 0 saturated carbocycles. The molecule has 1 aliphatic heterocycles. The summed E-state index contributed by atoms with van der Waals surface area (Å²) in [5.74, 6) is -0.111. The Morgan fingerprint density at radius 3 is 3.18 bits per heavy atom. The van der Waals surface area contributed by atoms with Crippen LogP contribution in [0.5, 0.6) is 0 Å². The Bertz CT molecular complexity index is 743. The summed E-state index contributed by atoms with van der Waals surface area (Å²) in [5.41, 5.74) is 9.42. The number of nitrogens with zero attached hydrogens (tertiary/aromatic N) is 2. The molecule has 3 rings (SSSR count). The fourth-order valence-corrected chi connectivity index (χ4v) is 3.14. The van der Waals surface area contributed by atoms with Crippen LogP contribution in [-0.2, 0) is 11.2 Å². The third-order valence-electron chi connectivity index (χ3n) is 4.33. The van der Waals surface area contributed by atoms with Crippen molar-refractivity contribution in [2.75, 3.05) is 6.54 Å². The summed E-state index contributed by atoms with van der Waals surface area (Å²) in [6.07, 6.45) is 3.73. The standard InChI is InChI=1S/C17H20N4O/c1-11-5-6-15-13(8-11)12(10-20-15)9-14(18)17(22)21-7-3-4-16(21)19-2/h5-6,8,10,14,16,20H,3-4,7,9,18H2,1H3/t14?,16-/m0/s1. The first-order valence-corrected chi connectivity index (χ1v) is 7.59. The van der Waals surface area contributed by atoms with E-state index in [4.69, 9.17) is 12.3 Å². The lowest BCUT2D eigenvalue weighted by Crippen LogP contribution is -2.46. The number of fused-ring (bicyclic) bond motifs is 1. The quantitative estimate of drug-likeness (QED) is 0.853. The summed E-state index contributed by atoms with van der Waals surface area (Å²) >= 11 is 0. The van der Waals surface area contributed by atoms with E-state index < -0.39 is 6.04 Å². The van der Waals surface area contributed by atoms with Crippen LogP contribution >= 0.6 is 0 Å². The molecule has 0 aliphatic carbocycles. The molecular weight excluding hydrogens is 276 g/mol. The van der Waals surface area contributed by atoms with E-state index in [9.17, 15) is 4.79 Å². The number of likely N-dealkylation sites (tertiary alicyclic amines) is 1. The summed E-state index contributed by atoms with van der Waals surface area (Å²) in [7, 11) is 0. The molecule has 1 saturated heterocycles. The number of carbonyl (C=O) groups is 1. The smallest absolute Gasteiger partial charge is 0.300 e. The molecule has 114 valence electrons. The van der Waals surface area contributed by atoms with Gasteiger partial charge >= 0.3 is 6.17 Å². The topological polar surface area (TPSA) is 66.5 Å². The summed E-state index contributed by atoms with van der Waals surface area (Å²) in [6.45, 7) is 9.87. The van der Waals surface area contributed by atoms with Gasteiger partial charge in [0.1, 0.15) is 0 Å². The van der Waals surface area contributed by atoms with Crippen LogP contribution in [0.15, 0.2) is 24.4 Å². The van der Waals surface area contributed by atoms with Crippen LogP contribution in [0.25, 0.3) is 15.7 Å². The highest BCUT2D eigenvalue weighted by Gasteiger charge is 2.35. The van der Waals surface area contributed by atoms with E-state index in [0.717, 1.165) is 29.3 Å². The molecule has 3 N–H and O–H groups in total. The van der Waals surface area contributed by atoms with Crippen molar-refractivity contribution in [1.29, 1.82) is 0 Å². The van der Waals surface area contributed by atoms with Crippen molar-refractivity contribution < 1.29 is 4.79 Å². The normalized spacial score (nSPS) is 19.3.